The van der Waals surface area contributed by atoms with Crippen molar-refractivity contribution in [3.63, 3.8) is 0 Å². The molecule has 2 aliphatic heterocycles. The molecule has 0 saturated carbocycles. The molecule has 0 bridgehead atoms. The van der Waals surface area contributed by atoms with Gasteiger partial charge in [0, 0.05) is 32.4 Å². The van der Waals surface area contributed by atoms with Gasteiger partial charge in [-0.1, -0.05) is 30.3 Å². The normalized spacial score (nSPS) is 19.9. The highest BCUT2D eigenvalue weighted by Crippen LogP contribution is 2.21. The van der Waals surface area contributed by atoms with Gasteiger partial charge in [-0.3, -0.25) is 19.1 Å². The molecule has 29 heavy (non-hydrogen) atoms. The van der Waals surface area contributed by atoms with E-state index in [1.807, 2.05) is 43.3 Å². The highest BCUT2D eigenvalue weighted by atomic mass is 16.2. The highest BCUT2D eigenvalue weighted by molar-refractivity contribution is 5.95. The number of piperazine rings is 1. The number of hydrogen-bond acceptors (Lipinski definition) is 4. The zero-order valence-corrected chi connectivity index (χ0v) is 16.5. The van der Waals surface area contributed by atoms with Crippen LogP contribution in [0, 0.1) is 6.92 Å². The molecule has 2 aliphatic rings. The lowest BCUT2D eigenvalue weighted by molar-refractivity contribution is -0.156. The van der Waals surface area contributed by atoms with Gasteiger partial charge in [0.15, 0.2) is 0 Å². The van der Waals surface area contributed by atoms with Crippen LogP contribution in [0.5, 0.6) is 0 Å². The number of rotatable bonds is 4. The van der Waals surface area contributed by atoms with Crippen LogP contribution in [0.2, 0.25) is 0 Å². The van der Waals surface area contributed by atoms with Gasteiger partial charge < -0.3 is 14.7 Å². The summed E-state index contributed by atoms with van der Waals surface area (Å²) in [5, 5.41) is 4.26. The number of nitrogens with zero attached hydrogens (tertiary/aromatic N) is 5. The number of fused-ring (bicyclic) bond motifs is 1. The zero-order valence-electron chi connectivity index (χ0n) is 16.5. The Morgan fingerprint density at radius 1 is 1.10 bits per heavy atom. The van der Waals surface area contributed by atoms with E-state index in [1.165, 1.54) is 0 Å². The lowest BCUT2D eigenvalue weighted by Crippen LogP contribution is -2.59. The van der Waals surface area contributed by atoms with Crippen LogP contribution in [0.1, 0.15) is 17.7 Å². The van der Waals surface area contributed by atoms with Crippen molar-refractivity contribution in [2.45, 2.75) is 32.5 Å². The topological polar surface area (TPSA) is 78.8 Å². The minimum absolute atomic E-state index is 0.0366. The number of aryl methyl sites for hydroxylation is 1. The third-order valence-electron chi connectivity index (χ3n) is 5.54. The van der Waals surface area contributed by atoms with Crippen molar-refractivity contribution in [3.8, 4) is 0 Å². The molecule has 2 saturated heterocycles. The summed E-state index contributed by atoms with van der Waals surface area (Å²) in [5.41, 5.74) is 1.86. The third kappa shape index (κ3) is 4.16. The second-order valence-electron chi connectivity index (χ2n) is 7.61. The Labute approximate surface area is 169 Å². The molecule has 152 valence electrons. The van der Waals surface area contributed by atoms with Crippen molar-refractivity contribution < 1.29 is 14.4 Å². The molecule has 8 nitrogen and oxygen atoms in total. The van der Waals surface area contributed by atoms with Gasteiger partial charge >= 0.3 is 0 Å². The molecule has 1 unspecified atom stereocenters. The first-order valence-electron chi connectivity index (χ1n) is 9.91. The number of benzene rings is 1. The van der Waals surface area contributed by atoms with E-state index >= 15 is 0 Å². The van der Waals surface area contributed by atoms with Gasteiger partial charge in [0.2, 0.25) is 17.7 Å². The fraction of sp³-hybridized carbons (Fsp3) is 0.429. The maximum atomic E-state index is 13.0. The second kappa shape index (κ2) is 8.06. The zero-order chi connectivity index (χ0) is 20.4. The SMILES string of the molecule is Cc1ccn(CC(=O)N2CCC3C(=O)N(Cc4ccccc4)CC(=O)N3CC2)n1. The first-order chi connectivity index (χ1) is 14.0. The van der Waals surface area contributed by atoms with Crippen molar-refractivity contribution in [1.82, 2.24) is 24.5 Å². The van der Waals surface area contributed by atoms with Crippen LogP contribution in [-0.4, -0.2) is 74.4 Å². The molecule has 3 heterocycles. The summed E-state index contributed by atoms with van der Waals surface area (Å²) in [7, 11) is 0. The van der Waals surface area contributed by atoms with Gasteiger partial charge in [0.05, 0.1) is 5.69 Å². The lowest BCUT2D eigenvalue weighted by Gasteiger charge is -2.39. The molecule has 4 rings (SSSR count). The number of amides is 3. The predicted molar refractivity (Wildman–Crippen MR) is 106 cm³/mol. The van der Waals surface area contributed by atoms with E-state index in [2.05, 4.69) is 5.10 Å². The van der Waals surface area contributed by atoms with Crippen LogP contribution in [0.4, 0.5) is 0 Å². The molecule has 1 atom stereocenters. The Bertz CT molecular complexity index is 910. The summed E-state index contributed by atoms with van der Waals surface area (Å²) >= 11 is 0. The molecule has 8 heteroatoms. The van der Waals surface area contributed by atoms with Crippen molar-refractivity contribution >= 4 is 17.7 Å². The summed E-state index contributed by atoms with van der Waals surface area (Å²) in [6.07, 6.45) is 2.24. The van der Waals surface area contributed by atoms with Crippen LogP contribution in [0.25, 0.3) is 0 Å². The molecule has 1 aromatic carbocycles. The van der Waals surface area contributed by atoms with E-state index in [-0.39, 0.29) is 30.8 Å². The second-order valence-corrected chi connectivity index (χ2v) is 7.61. The molecule has 0 radical (unpaired) electrons. The van der Waals surface area contributed by atoms with Crippen molar-refractivity contribution in [2.24, 2.45) is 0 Å². The van der Waals surface area contributed by atoms with Gasteiger partial charge in [0.25, 0.3) is 0 Å². The summed E-state index contributed by atoms with van der Waals surface area (Å²) in [5.74, 6) is -0.137. The fourth-order valence-corrected chi connectivity index (χ4v) is 4.00. The average molecular weight is 395 g/mol. The standard InChI is InChI=1S/C21H25N5O3/c1-16-7-10-25(22-16)15-19(27)23-9-8-18-21(29)24(13-17-5-3-2-4-6-17)14-20(28)26(18)12-11-23/h2-7,10,18H,8-9,11-15H2,1H3. The molecule has 3 amide bonds. The van der Waals surface area contributed by atoms with Gasteiger partial charge in [-0.25, -0.2) is 0 Å². The van der Waals surface area contributed by atoms with Crippen molar-refractivity contribution in [1.29, 1.82) is 0 Å². The Kier molecular flexibility index (Phi) is 5.33. The molecule has 2 aromatic rings. The maximum Gasteiger partial charge on any atom is 0.246 e. The van der Waals surface area contributed by atoms with E-state index in [4.69, 9.17) is 0 Å². The number of carbonyl (C=O) groups excluding carboxylic acids is 3. The minimum atomic E-state index is -0.496. The van der Waals surface area contributed by atoms with Crippen LogP contribution in [0.15, 0.2) is 42.6 Å². The van der Waals surface area contributed by atoms with Crippen LogP contribution < -0.4 is 0 Å². The Morgan fingerprint density at radius 3 is 2.62 bits per heavy atom. The summed E-state index contributed by atoms with van der Waals surface area (Å²) in [6.45, 7) is 3.84. The Hall–Kier alpha value is -3.16. The quantitative estimate of drug-likeness (QED) is 0.762. The van der Waals surface area contributed by atoms with Gasteiger partial charge in [-0.15, -0.1) is 0 Å². The first kappa shape index (κ1) is 19.2. The predicted octanol–water partition coefficient (Wildman–Crippen LogP) is 0.663. The largest absolute Gasteiger partial charge is 0.339 e. The van der Waals surface area contributed by atoms with Crippen LogP contribution in [-0.2, 0) is 27.5 Å². The van der Waals surface area contributed by atoms with E-state index in [0.29, 0.717) is 32.6 Å². The summed E-state index contributed by atoms with van der Waals surface area (Å²) < 4.78 is 1.62. The van der Waals surface area contributed by atoms with Crippen LogP contribution in [0.3, 0.4) is 0 Å². The molecular formula is C21H25N5O3. The first-order valence-corrected chi connectivity index (χ1v) is 9.91. The fourth-order valence-electron chi connectivity index (χ4n) is 4.00. The van der Waals surface area contributed by atoms with E-state index < -0.39 is 6.04 Å². The molecule has 0 N–H and O–H groups in total. The smallest absolute Gasteiger partial charge is 0.246 e. The van der Waals surface area contributed by atoms with Crippen LogP contribution >= 0.6 is 0 Å². The van der Waals surface area contributed by atoms with Crippen molar-refractivity contribution in [3.05, 3.63) is 53.9 Å². The molecule has 0 spiro atoms. The average Bonchev–Trinajstić information content (AvgIpc) is 2.98. The minimum Gasteiger partial charge on any atom is -0.339 e. The Balaban J connectivity index is 1.42. The maximum absolute atomic E-state index is 13.0. The molecule has 0 aliphatic carbocycles. The summed E-state index contributed by atoms with van der Waals surface area (Å²) in [6, 6.07) is 11.0. The Morgan fingerprint density at radius 2 is 1.90 bits per heavy atom. The number of aromatic nitrogens is 2. The van der Waals surface area contributed by atoms with Gasteiger partial charge in [-0.2, -0.15) is 5.10 Å². The van der Waals surface area contributed by atoms with E-state index in [1.54, 1.807) is 25.6 Å². The van der Waals surface area contributed by atoms with Gasteiger partial charge in [0.1, 0.15) is 19.1 Å². The lowest BCUT2D eigenvalue weighted by atomic mass is 10.1. The summed E-state index contributed by atoms with van der Waals surface area (Å²) in [4.78, 5) is 43.4. The third-order valence-corrected chi connectivity index (χ3v) is 5.54. The number of hydrogen-bond donors (Lipinski definition) is 0. The van der Waals surface area contributed by atoms with E-state index in [9.17, 15) is 14.4 Å². The molecule has 2 fully saturated rings. The molecule has 1 aromatic heterocycles. The molecular weight excluding hydrogens is 370 g/mol. The monoisotopic (exact) mass is 395 g/mol. The highest BCUT2D eigenvalue weighted by Gasteiger charge is 2.41. The number of carbonyl (C=O) groups is 3. The van der Waals surface area contributed by atoms with Crippen molar-refractivity contribution in [2.75, 3.05) is 26.2 Å². The van der Waals surface area contributed by atoms with E-state index in [0.717, 1.165) is 11.3 Å². The van der Waals surface area contributed by atoms with Gasteiger partial charge in [-0.05, 0) is 25.0 Å².